The first-order chi connectivity index (χ1) is 10.3. The average Bonchev–Trinajstić information content (AvgIpc) is 3.04. The molecule has 1 aromatic carbocycles. The molecule has 0 saturated carbocycles. The van der Waals surface area contributed by atoms with Gasteiger partial charge in [0.15, 0.2) is 0 Å². The number of nitrogens with one attached hydrogen (secondary N) is 1. The number of rotatable bonds is 5. The number of hydrogen-bond donors (Lipinski definition) is 1. The van der Waals surface area contributed by atoms with Crippen LogP contribution >= 0.6 is 0 Å². The normalized spacial score (nSPS) is 26.2. The third kappa shape index (κ3) is 3.31. The highest BCUT2D eigenvalue weighted by molar-refractivity contribution is 5.33. The highest BCUT2D eigenvalue weighted by Gasteiger charge is 2.30. The summed E-state index contributed by atoms with van der Waals surface area (Å²) in [5, 5.41) is 3.56. The quantitative estimate of drug-likeness (QED) is 0.896. The Morgan fingerprint density at radius 3 is 2.76 bits per heavy atom. The van der Waals surface area contributed by atoms with Gasteiger partial charge in [-0.25, -0.2) is 0 Å². The molecule has 1 fully saturated rings. The van der Waals surface area contributed by atoms with Crippen LogP contribution < -0.4 is 5.32 Å². The summed E-state index contributed by atoms with van der Waals surface area (Å²) in [6, 6.07) is 10.0. The number of likely N-dealkylation sites (N-methyl/N-ethyl adjacent to an activating group) is 2. The van der Waals surface area contributed by atoms with Crippen molar-refractivity contribution in [3.63, 3.8) is 0 Å². The molecule has 0 radical (unpaired) electrons. The summed E-state index contributed by atoms with van der Waals surface area (Å²) in [4.78, 5) is 5.19. The zero-order valence-electron chi connectivity index (χ0n) is 13.5. The summed E-state index contributed by atoms with van der Waals surface area (Å²) in [6.07, 6.45) is 5.26. The summed E-state index contributed by atoms with van der Waals surface area (Å²) < 4.78 is 0. The lowest BCUT2D eigenvalue weighted by Crippen LogP contribution is -2.46. The minimum atomic E-state index is 0.471. The highest BCUT2D eigenvalue weighted by atomic mass is 15.2. The van der Waals surface area contributed by atoms with Crippen LogP contribution in [-0.4, -0.2) is 56.1 Å². The molecule has 3 nitrogen and oxygen atoms in total. The van der Waals surface area contributed by atoms with E-state index in [1.54, 1.807) is 0 Å². The summed E-state index contributed by atoms with van der Waals surface area (Å²) >= 11 is 0. The predicted molar refractivity (Wildman–Crippen MR) is 88.7 cm³/mol. The Bertz CT molecular complexity index is 454. The first-order valence-corrected chi connectivity index (χ1v) is 8.47. The number of aryl methyl sites for hydroxylation is 1. The predicted octanol–water partition coefficient (Wildman–Crippen LogP) is 2.29. The Morgan fingerprint density at radius 2 is 2.00 bits per heavy atom. The van der Waals surface area contributed by atoms with Gasteiger partial charge in [0, 0.05) is 25.2 Å². The van der Waals surface area contributed by atoms with Crippen molar-refractivity contribution in [2.24, 2.45) is 0 Å². The van der Waals surface area contributed by atoms with Crippen molar-refractivity contribution in [3.05, 3.63) is 35.4 Å². The molecule has 0 bridgehead atoms. The zero-order chi connectivity index (χ0) is 14.7. The molecular formula is C18H29N3. The fraction of sp³-hybridized carbons (Fsp3) is 0.667. The molecule has 2 atom stereocenters. The molecule has 2 aliphatic rings. The SMILES string of the molecule is CNC1c2ccccc2CCC1N(C)CCN1CCCC1. The topological polar surface area (TPSA) is 18.5 Å². The lowest BCUT2D eigenvalue weighted by atomic mass is 9.83. The molecule has 1 heterocycles. The molecule has 0 aromatic heterocycles. The van der Waals surface area contributed by atoms with Gasteiger partial charge in [0.05, 0.1) is 0 Å². The Labute approximate surface area is 129 Å². The minimum absolute atomic E-state index is 0.471. The molecular weight excluding hydrogens is 258 g/mol. The maximum atomic E-state index is 3.56. The van der Waals surface area contributed by atoms with Gasteiger partial charge in [0.2, 0.25) is 0 Å². The monoisotopic (exact) mass is 287 g/mol. The number of fused-ring (bicyclic) bond motifs is 1. The molecule has 21 heavy (non-hydrogen) atoms. The van der Waals surface area contributed by atoms with Gasteiger partial charge in [-0.2, -0.15) is 0 Å². The molecule has 116 valence electrons. The Hall–Kier alpha value is -0.900. The van der Waals surface area contributed by atoms with E-state index in [-0.39, 0.29) is 0 Å². The van der Waals surface area contributed by atoms with E-state index in [0.29, 0.717) is 12.1 Å². The van der Waals surface area contributed by atoms with E-state index in [4.69, 9.17) is 0 Å². The summed E-state index contributed by atoms with van der Waals surface area (Å²) in [7, 11) is 4.41. The smallest absolute Gasteiger partial charge is 0.0478 e. The van der Waals surface area contributed by atoms with E-state index in [2.05, 4.69) is 53.5 Å². The lowest BCUT2D eigenvalue weighted by Gasteiger charge is -2.39. The first-order valence-electron chi connectivity index (χ1n) is 8.47. The van der Waals surface area contributed by atoms with Gasteiger partial charge < -0.3 is 15.1 Å². The molecule has 1 aliphatic heterocycles. The molecule has 1 saturated heterocycles. The first kappa shape index (κ1) is 15.0. The number of hydrogen-bond acceptors (Lipinski definition) is 3. The molecule has 2 unspecified atom stereocenters. The fourth-order valence-corrected chi connectivity index (χ4v) is 4.04. The zero-order valence-corrected chi connectivity index (χ0v) is 13.5. The van der Waals surface area contributed by atoms with Gasteiger partial charge in [-0.1, -0.05) is 24.3 Å². The molecule has 1 N–H and O–H groups in total. The van der Waals surface area contributed by atoms with Crippen LogP contribution in [0.3, 0.4) is 0 Å². The van der Waals surface area contributed by atoms with Gasteiger partial charge in [-0.05, 0) is 64.0 Å². The van der Waals surface area contributed by atoms with Gasteiger partial charge in [-0.15, -0.1) is 0 Å². The number of benzene rings is 1. The van der Waals surface area contributed by atoms with Crippen molar-refractivity contribution in [1.82, 2.24) is 15.1 Å². The lowest BCUT2D eigenvalue weighted by molar-refractivity contribution is 0.158. The standard InChI is InChI=1S/C18H29N3/c1-19-18-16-8-4-3-7-15(16)9-10-17(18)20(2)13-14-21-11-5-6-12-21/h3-4,7-8,17-19H,5-6,9-14H2,1-2H3. The highest BCUT2D eigenvalue weighted by Crippen LogP contribution is 2.32. The van der Waals surface area contributed by atoms with Gasteiger partial charge in [-0.3, -0.25) is 0 Å². The average molecular weight is 287 g/mol. The maximum Gasteiger partial charge on any atom is 0.0478 e. The number of nitrogens with zero attached hydrogens (tertiary/aromatic N) is 2. The van der Waals surface area contributed by atoms with Crippen LogP contribution in [0.15, 0.2) is 24.3 Å². The second kappa shape index (κ2) is 6.91. The molecule has 0 spiro atoms. The Balaban J connectivity index is 1.64. The van der Waals surface area contributed by atoms with Crippen LogP contribution in [0.2, 0.25) is 0 Å². The molecule has 1 aromatic rings. The molecule has 3 heteroatoms. The Kier molecular flexibility index (Phi) is 4.94. The molecule has 1 aliphatic carbocycles. The van der Waals surface area contributed by atoms with E-state index >= 15 is 0 Å². The van der Waals surface area contributed by atoms with Gasteiger partial charge in [0.25, 0.3) is 0 Å². The van der Waals surface area contributed by atoms with Crippen LogP contribution in [0.4, 0.5) is 0 Å². The van der Waals surface area contributed by atoms with Crippen molar-refractivity contribution < 1.29 is 0 Å². The summed E-state index contributed by atoms with van der Waals surface area (Å²) in [6.45, 7) is 5.02. The van der Waals surface area contributed by atoms with Crippen LogP contribution in [0.1, 0.15) is 36.4 Å². The van der Waals surface area contributed by atoms with Crippen molar-refractivity contribution >= 4 is 0 Å². The third-order valence-electron chi connectivity index (χ3n) is 5.33. The Morgan fingerprint density at radius 1 is 1.24 bits per heavy atom. The summed E-state index contributed by atoms with van der Waals surface area (Å²) in [5.41, 5.74) is 3.03. The van der Waals surface area contributed by atoms with Crippen molar-refractivity contribution in [1.29, 1.82) is 0 Å². The van der Waals surface area contributed by atoms with E-state index in [9.17, 15) is 0 Å². The maximum absolute atomic E-state index is 3.56. The van der Waals surface area contributed by atoms with Gasteiger partial charge >= 0.3 is 0 Å². The van der Waals surface area contributed by atoms with Crippen LogP contribution in [-0.2, 0) is 6.42 Å². The van der Waals surface area contributed by atoms with E-state index < -0.39 is 0 Å². The van der Waals surface area contributed by atoms with E-state index in [0.717, 1.165) is 0 Å². The van der Waals surface area contributed by atoms with Crippen LogP contribution in [0, 0.1) is 0 Å². The molecule has 3 rings (SSSR count). The third-order valence-corrected chi connectivity index (χ3v) is 5.33. The van der Waals surface area contributed by atoms with E-state index in [1.165, 1.54) is 63.0 Å². The summed E-state index contributed by atoms with van der Waals surface area (Å²) in [5.74, 6) is 0. The van der Waals surface area contributed by atoms with Gasteiger partial charge in [0.1, 0.15) is 0 Å². The van der Waals surface area contributed by atoms with Crippen LogP contribution in [0.25, 0.3) is 0 Å². The number of likely N-dealkylation sites (tertiary alicyclic amines) is 1. The second-order valence-corrected chi connectivity index (χ2v) is 6.60. The van der Waals surface area contributed by atoms with Crippen LogP contribution in [0.5, 0.6) is 0 Å². The minimum Gasteiger partial charge on any atom is -0.312 e. The van der Waals surface area contributed by atoms with Crippen molar-refractivity contribution in [2.75, 3.05) is 40.3 Å². The van der Waals surface area contributed by atoms with Crippen molar-refractivity contribution in [2.45, 2.75) is 37.8 Å². The fourth-order valence-electron chi connectivity index (χ4n) is 4.04. The molecule has 0 amide bonds. The largest absolute Gasteiger partial charge is 0.312 e. The second-order valence-electron chi connectivity index (χ2n) is 6.60. The van der Waals surface area contributed by atoms with E-state index in [1.807, 2.05) is 0 Å². The van der Waals surface area contributed by atoms with Crippen molar-refractivity contribution in [3.8, 4) is 0 Å².